The largest absolute Gasteiger partial charge is 0.496 e. The zero-order chi connectivity index (χ0) is 27.0. The first-order valence-electron chi connectivity index (χ1n) is 12.0. The zero-order valence-corrected chi connectivity index (χ0v) is 20.9. The Hall–Kier alpha value is -2.86. The summed E-state index contributed by atoms with van der Waals surface area (Å²) in [6.45, 7) is 4.48. The molecular formula is C27H30O10. The first kappa shape index (κ1) is 25.8. The van der Waals surface area contributed by atoms with Crippen LogP contribution < -0.4 is 9.47 Å². The van der Waals surface area contributed by atoms with E-state index in [2.05, 4.69) is 0 Å². The second-order valence-corrected chi connectivity index (χ2v) is 10.5. The molecular weight excluding hydrogens is 484 g/mol. The Morgan fingerprint density at radius 1 is 0.946 bits per heavy atom. The highest BCUT2D eigenvalue weighted by Gasteiger charge is 2.49. The Labute approximate surface area is 213 Å². The summed E-state index contributed by atoms with van der Waals surface area (Å²) < 4.78 is 17.0. The Kier molecular flexibility index (Phi) is 5.98. The number of fused-ring (bicyclic) bond motifs is 4. The Morgan fingerprint density at radius 2 is 1.65 bits per heavy atom. The first-order valence-corrected chi connectivity index (χ1v) is 12.0. The van der Waals surface area contributed by atoms with Crippen LogP contribution in [0.4, 0.5) is 0 Å². The molecule has 1 aliphatic heterocycles. The molecule has 1 fully saturated rings. The van der Waals surface area contributed by atoms with E-state index in [0.29, 0.717) is 5.56 Å². The molecule has 1 heterocycles. The smallest absolute Gasteiger partial charge is 0.229 e. The van der Waals surface area contributed by atoms with Crippen LogP contribution in [0.25, 0.3) is 0 Å². The van der Waals surface area contributed by atoms with Crippen LogP contribution >= 0.6 is 0 Å². The van der Waals surface area contributed by atoms with Gasteiger partial charge in [-0.05, 0) is 38.5 Å². The third kappa shape index (κ3) is 3.87. The molecule has 0 bridgehead atoms. The number of methoxy groups -OCH3 is 1. The number of ketones is 2. The van der Waals surface area contributed by atoms with Crippen molar-refractivity contribution in [2.45, 2.75) is 75.5 Å². The number of hydrogen-bond donors (Lipinski definition) is 5. The SMILES string of the molecule is COc1cccc2c1C(=O)c1c(OC3OC(C)C(O)C(O)C3O)cc3c(c1C2(C)O)C(=O)CC(C)(O)C3. The minimum atomic E-state index is -1.83. The van der Waals surface area contributed by atoms with Crippen LogP contribution in [-0.4, -0.2) is 80.5 Å². The summed E-state index contributed by atoms with van der Waals surface area (Å²) in [5, 5.41) is 53.5. The second kappa shape index (κ2) is 8.59. The third-order valence-electron chi connectivity index (χ3n) is 7.53. The van der Waals surface area contributed by atoms with Crippen molar-refractivity contribution in [2.75, 3.05) is 7.11 Å². The Balaban J connectivity index is 1.76. The molecule has 5 rings (SSSR count). The maximum absolute atomic E-state index is 14.0. The highest BCUT2D eigenvalue weighted by molar-refractivity contribution is 6.18. The molecule has 2 aromatic rings. The minimum absolute atomic E-state index is 0.0326. The van der Waals surface area contributed by atoms with Gasteiger partial charge in [0.05, 0.1) is 29.9 Å². The number of Topliss-reactive ketones (excluding diaryl/α,β-unsaturated/α-hetero) is 1. The predicted molar refractivity (Wildman–Crippen MR) is 128 cm³/mol. The maximum Gasteiger partial charge on any atom is 0.229 e. The van der Waals surface area contributed by atoms with Gasteiger partial charge in [-0.15, -0.1) is 0 Å². The fourth-order valence-electron chi connectivity index (χ4n) is 5.72. The van der Waals surface area contributed by atoms with E-state index in [1.165, 1.54) is 33.9 Å². The lowest BCUT2D eigenvalue weighted by atomic mass is 9.68. The molecule has 37 heavy (non-hydrogen) atoms. The lowest BCUT2D eigenvalue weighted by Gasteiger charge is -2.41. The predicted octanol–water partition coefficient (Wildman–Crippen LogP) is 0.582. The van der Waals surface area contributed by atoms with Gasteiger partial charge in [0, 0.05) is 29.5 Å². The van der Waals surface area contributed by atoms with Gasteiger partial charge >= 0.3 is 0 Å². The highest BCUT2D eigenvalue weighted by atomic mass is 16.7. The fraction of sp³-hybridized carbons (Fsp3) is 0.481. The van der Waals surface area contributed by atoms with E-state index < -0.39 is 53.5 Å². The summed E-state index contributed by atoms with van der Waals surface area (Å²) in [7, 11) is 1.39. The molecule has 5 N–H and O–H groups in total. The molecule has 7 atom stereocenters. The van der Waals surface area contributed by atoms with Gasteiger partial charge in [-0.3, -0.25) is 9.59 Å². The fourth-order valence-corrected chi connectivity index (χ4v) is 5.72. The number of carbonyl (C=O) groups is 2. The van der Waals surface area contributed by atoms with E-state index in [-0.39, 0.29) is 52.2 Å². The summed E-state index contributed by atoms with van der Waals surface area (Å²) in [6.07, 6.45) is -7.15. The van der Waals surface area contributed by atoms with Crippen LogP contribution in [0.5, 0.6) is 11.5 Å². The van der Waals surface area contributed by atoms with Crippen LogP contribution in [0.15, 0.2) is 24.3 Å². The summed E-state index contributed by atoms with van der Waals surface area (Å²) in [5.41, 5.74) is -2.44. The van der Waals surface area contributed by atoms with Crippen molar-refractivity contribution in [3.05, 3.63) is 57.6 Å². The monoisotopic (exact) mass is 514 g/mol. The highest BCUT2D eigenvalue weighted by Crippen LogP contribution is 2.50. The molecule has 0 aromatic heterocycles. The topological polar surface area (TPSA) is 163 Å². The van der Waals surface area contributed by atoms with Gasteiger partial charge in [-0.1, -0.05) is 12.1 Å². The van der Waals surface area contributed by atoms with E-state index in [1.54, 1.807) is 18.2 Å². The standard InChI is InChI=1S/C27H30O10/c1-11-21(29)23(31)24(32)25(36-11)37-16-8-12-9-26(2,33)10-14(28)17(12)20-19(16)22(30)18-13(27(20,3)34)6-5-7-15(18)35-4/h5-8,11,21,23-25,29,31-34H,9-10H2,1-4H3. The van der Waals surface area contributed by atoms with Crippen molar-refractivity contribution in [1.29, 1.82) is 0 Å². The number of aliphatic hydroxyl groups excluding tert-OH is 3. The Morgan fingerprint density at radius 3 is 2.32 bits per heavy atom. The van der Waals surface area contributed by atoms with Crippen LogP contribution in [0, 0.1) is 0 Å². The van der Waals surface area contributed by atoms with Crippen LogP contribution in [0.1, 0.15) is 70.2 Å². The lowest BCUT2D eigenvalue weighted by molar-refractivity contribution is -0.268. The van der Waals surface area contributed by atoms with Gasteiger partial charge in [0.25, 0.3) is 0 Å². The summed E-state index contributed by atoms with van der Waals surface area (Å²) in [6, 6.07) is 6.21. The van der Waals surface area contributed by atoms with Gasteiger partial charge in [0.1, 0.15) is 35.4 Å². The Bertz CT molecular complexity index is 1300. The molecule has 0 saturated carbocycles. The number of benzene rings is 2. The van der Waals surface area contributed by atoms with E-state index >= 15 is 0 Å². The minimum Gasteiger partial charge on any atom is -0.496 e. The number of ether oxygens (including phenoxy) is 3. The number of rotatable bonds is 3. The maximum atomic E-state index is 14.0. The van der Waals surface area contributed by atoms with Gasteiger partial charge in [-0.25, -0.2) is 0 Å². The first-order chi connectivity index (χ1) is 17.3. The molecule has 3 aliphatic rings. The summed E-state index contributed by atoms with van der Waals surface area (Å²) in [5.74, 6) is -0.904. The molecule has 0 amide bonds. The van der Waals surface area contributed by atoms with Crippen molar-refractivity contribution >= 4 is 11.6 Å². The van der Waals surface area contributed by atoms with E-state index in [4.69, 9.17) is 14.2 Å². The van der Waals surface area contributed by atoms with Gasteiger partial charge in [0.15, 0.2) is 5.78 Å². The average Bonchev–Trinajstić information content (AvgIpc) is 2.82. The molecule has 10 nitrogen and oxygen atoms in total. The number of hydrogen-bond acceptors (Lipinski definition) is 10. The van der Waals surface area contributed by atoms with Crippen molar-refractivity contribution in [2.24, 2.45) is 0 Å². The van der Waals surface area contributed by atoms with E-state index in [0.717, 1.165) is 0 Å². The van der Waals surface area contributed by atoms with Crippen LogP contribution in [0.3, 0.4) is 0 Å². The molecule has 2 aliphatic carbocycles. The summed E-state index contributed by atoms with van der Waals surface area (Å²) in [4.78, 5) is 27.3. The molecule has 7 unspecified atom stereocenters. The van der Waals surface area contributed by atoms with Crippen molar-refractivity contribution in [3.8, 4) is 11.5 Å². The average molecular weight is 515 g/mol. The van der Waals surface area contributed by atoms with Crippen LogP contribution in [0.2, 0.25) is 0 Å². The zero-order valence-electron chi connectivity index (χ0n) is 20.9. The molecule has 0 radical (unpaired) electrons. The van der Waals surface area contributed by atoms with Crippen molar-refractivity contribution in [1.82, 2.24) is 0 Å². The molecule has 10 heteroatoms. The third-order valence-corrected chi connectivity index (χ3v) is 7.53. The normalized spacial score (nSPS) is 34.9. The molecule has 1 saturated heterocycles. The van der Waals surface area contributed by atoms with Crippen molar-refractivity contribution in [3.63, 3.8) is 0 Å². The van der Waals surface area contributed by atoms with E-state index in [9.17, 15) is 35.1 Å². The van der Waals surface area contributed by atoms with Crippen LogP contribution in [-0.2, 0) is 16.8 Å². The molecule has 0 spiro atoms. The number of carbonyl (C=O) groups excluding carboxylic acids is 2. The van der Waals surface area contributed by atoms with Gasteiger partial charge in [0.2, 0.25) is 12.1 Å². The lowest BCUT2D eigenvalue weighted by Crippen LogP contribution is -2.58. The van der Waals surface area contributed by atoms with Crippen molar-refractivity contribution < 1.29 is 49.3 Å². The molecule has 198 valence electrons. The van der Waals surface area contributed by atoms with Gasteiger partial charge in [-0.2, -0.15) is 0 Å². The second-order valence-electron chi connectivity index (χ2n) is 10.5. The summed E-state index contributed by atoms with van der Waals surface area (Å²) >= 11 is 0. The van der Waals surface area contributed by atoms with Gasteiger partial charge < -0.3 is 39.7 Å². The number of aliphatic hydroxyl groups is 5. The molecule has 2 aromatic carbocycles. The quantitative estimate of drug-likeness (QED) is 0.392. The van der Waals surface area contributed by atoms with E-state index in [1.807, 2.05) is 0 Å².